The topological polar surface area (TPSA) is 81.2 Å². The van der Waals surface area contributed by atoms with E-state index in [2.05, 4.69) is 18.1 Å². The molecular weight excluding hydrogens is 410 g/mol. The van der Waals surface area contributed by atoms with Crippen molar-refractivity contribution in [2.75, 3.05) is 18.8 Å². The summed E-state index contributed by atoms with van der Waals surface area (Å²) in [7, 11) is 0. The minimum Gasteiger partial charge on any atom is -0.343 e. The first-order valence-electron chi connectivity index (χ1n) is 10.6. The van der Waals surface area contributed by atoms with E-state index in [0.29, 0.717) is 37.0 Å². The van der Waals surface area contributed by atoms with Crippen LogP contribution in [0.2, 0.25) is 0 Å². The van der Waals surface area contributed by atoms with Crippen molar-refractivity contribution >= 4 is 34.2 Å². The molecule has 8 nitrogen and oxygen atoms in total. The zero-order chi connectivity index (χ0) is 22.0. The molecule has 4 rings (SSSR count). The first-order chi connectivity index (χ1) is 15.0. The van der Waals surface area contributed by atoms with Crippen LogP contribution in [0.25, 0.3) is 16.6 Å². The lowest BCUT2D eigenvalue weighted by atomic mass is 10.2. The van der Waals surface area contributed by atoms with E-state index in [1.165, 1.54) is 11.8 Å². The van der Waals surface area contributed by atoms with Gasteiger partial charge in [0.2, 0.25) is 5.91 Å². The molecule has 0 radical (unpaired) electrons. The van der Waals surface area contributed by atoms with E-state index in [1.807, 2.05) is 54.6 Å². The fraction of sp³-hybridized carbons (Fsp3) is 0.409. The first-order valence-corrected chi connectivity index (χ1v) is 11.5. The Bertz CT molecular complexity index is 1230. The number of para-hydroxylation sites is 1. The zero-order valence-corrected chi connectivity index (χ0v) is 19.2. The summed E-state index contributed by atoms with van der Waals surface area (Å²) in [5.41, 5.74) is 3.75. The maximum absolute atomic E-state index is 12.5. The fourth-order valence-corrected chi connectivity index (χ4v) is 4.52. The number of carbonyl (C=O) groups is 1. The van der Waals surface area contributed by atoms with Crippen LogP contribution >= 0.6 is 11.8 Å². The van der Waals surface area contributed by atoms with Gasteiger partial charge in [0.05, 0.1) is 17.0 Å². The van der Waals surface area contributed by atoms with Crippen LogP contribution in [0.5, 0.6) is 0 Å². The number of aromatic nitrogens is 6. The lowest BCUT2D eigenvalue weighted by molar-refractivity contribution is -0.127. The Balaban J connectivity index is 1.65. The number of carbonyl (C=O) groups excluding carboxylic acids is 1. The predicted octanol–water partition coefficient (Wildman–Crippen LogP) is 3.29. The van der Waals surface area contributed by atoms with E-state index in [9.17, 15) is 4.79 Å². The molecule has 0 saturated heterocycles. The minimum absolute atomic E-state index is 0.1000. The van der Waals surface area contributed by atoms with E-state index in [1.54, 1.807) is 4.52 Å². The molecule has 0 saturated carbocycles. The largest absolute Gasteiger partial charge is 0.343 e. The number of aryl methyl sites for hydroxylation is 4. The van der Waals surface area contributed by atoms with Gasteiger partial charge in [0.1, 0.15) is 0 Å². The van der Waals surface area contributed by atoms with E-state index >= 15 is 0 Å². The molecule has 0 spiro atoms. The molecule has 0 aliphatic rings. The molecule has 0 bridgehead atoms. The highest BCUT2D eigenvalue weighted by atomic mass is 32.2. The van der Waals surface area contributed by atoms with Crippen LogP contribution in [-0.4, -0.2) is 59.0 Å². The highest BCUT2D eigenvalue weighted by Gasteiger charge is 2.17. The maximum Gasteiger partial charge on any atom is 0.233 e. The van der Waals surface area contributed by atoms with Crippen molar-refractivity contribution in [1.82, 2.24) is 34.3 Å². The molecule has 1 amide bonds. The molecule has 3 heterocycles. The summed E-state index contributed by atoms with van der Waals surface area (Å²) in [6, 6.07) is 9.98. The van der Waals surface area contributed by atoms with Crippen LogP contribution in [0.3, 0.4) is 0 Å². The Morgan fingerprint density at radius 1 is 1.10 bits per heavy atom. The van der Waals surface area contributed by atoms with Gasteiger partial charge in [0.15, 0.2) is 16.6 Å². The van der Waals surface area contributed by atoms with Gasteiger partial charge in [-0.3, -0.25) is 9.48 Å². The molecule has 0 N–H and O–H groups in total. The molecule has 9 heteroatoms. The molecule has 162 valence electrons. The molecule has 0 atom stereocenters. The summed E-state index contributed by atoms with van der Waals surface area (Å²) in [5.74, 6) is 1.16. The first kappa shape index (κ1) is 21.3. The smallest absolute Gasteiger partial charge is 0.233 e. The van der Waals surface area contributed by atoms with Crippen molar-refractivity contribution in [1.29, 1.82) is 0 Å². The zero-order valence-electron chi connectivity index (χ0n) is 18.4. The second kappa shape index (κ2) is 9.05. The predicted molar refractivity (Wildman–Crippen MR) is 122 cm³/mol. The van der Waals surface area contributed by atoms with Crippen molar-refractivity contribution in [2.24, 2.45) is 0 Å². The average Bonchev–Trinajstić information content (AvgIpc) is 3.34. The van der Waals surface area contributed by atoms with Gasteiger partial charge >= 0.3 is 0 Å². The molecule has 1 aromatic carbocycles. The molecule has 0 fully saturated rings. The SMILES string of the molecule is CCN(CC)C(=O)CSc1nc2ccccc2c2nc(CCn3nc(C)cc3C)nn12. The van der Waals surface area contributed by atoms with Crippen LogP contribution in [0, 0.1) is 13.8 Å². The monoisotopic (exact) mass is 437 g/mol. The Morgan fingerprint density at radius 2 is 1.87 bits per heavy atom. The van der Waals surface area contributed by atoms with Crippen LogP contribution in [0.4, 0.5) is 0 Å². The summed E-state index contributed by atoms with van der Waals surface area (Å²) >= 11 is 1.41. The van der Waals surface area contributed by atoms with Crippen molar-refractivity contribution in [3.05, 3.63) is 47.5 Å². The van der Waals surface area contributed by atoms with Gasteiger partial charge in [-0.25, -0.2) is 9.97 Å². The lowest BCUT2D eigenvalue weighted by Gasteiger charge is -2.18. The third-order valence-electron chi connectivity index (χ3n) is 5.28. The van der Waals surface area contributed by atoms with Gasteiger partial charge in [0.25, 0.3) is 0 Å². The number of hydrogen-bond donors (Lipinski definition) is 0. The Hall–Kier alpha value is -2.94. The normalized spacial score (nSPS) is 11.5. The molecule has 0 aliphatic heterocycles. The summed E-state index contributed by atoms with van der Waals surface area (Å²) in [6.07, 6.45) is 0.667. The van der Waals surface area contributed by atoms with Gasteiger partial charge < -0.3 is 4.90 Å². The maximum atomic E-state index is 12.5. The fourth-order valence-electron chi connectivity index (χ4n) is 3.67. The third-order valence-corrected chi connectivity index (χ3v) is 6.20. The molecule has 3 aromatic heterocycles. The van der Waals surface area contributed by atoms with Gasteiger partial charge in [-0.1, -0.05) is 23.9 Å². The number of benzene rings is 1. The van der Waals surface area contributed by atoms with Crippen LogP contribution in [-0.2, 0) is 17.8 Å². The second-order valence-electron chi connectivity index (χ2n) is 7.43. The van der Waals surface area contributed by atoms with E-state index in [0.717, 1.165) is 33.8 Å². The molecular formula is C22H27N7OS. The summed E-state index contributed by atoms with van der Waals surface area (Å²) in [5, 5.41) is 10.9. The minimum atomic E-state index is 0.1000. The molecule has 31 heavy (non-hydrogen) atoms. The number of thioether (sulfide) groups is 1. The van der Waals surface area contributed by atoms with Gasteiger partial charge in [-0.2, -0.15) is 9.61 Å². The Morgan fingerprint density at radius 3 is 2.58 bits per heavy atom. The molecule has 0 unspecified atom stereocenters. The van der Waals surface area contributed by atoms with Gasteiger partial charge in [0, 0.05) is 37.1 Å². The van der Waals surface area contributed by atoms with Crippen molar-refractivity contribution in [3.63, 3.8) is 0 Å². The summed E-state index contributed by atoms with van der Waals surface area (Å²) in [4.78, 5) is 23.9. The number of nitrogens with zero attached hydrogens (tertiary/aromatic N) is 7. The number of rotatable bonds is 8. The summed E-state index contributed by atoms with van der Waals surface area (Å²) < 4.78 is 3.76. The molecule has 4 aromatic rings. The number of hydrogen-bond acceptors (Lipinski definition) is 6. The van der Waals surface area contributed by atoms with Crippen molar-refractivity contribution in [3.8, 4) is 0 Å². The van der Waals surface area contributed by atoms with Gasteiger partial charge in [-0.05, 0) is 45.9 Å². The second-order valence-corrected chi connectivity index (χ2v) is 8.37. The third kappa shape index (κ3) is 4.41. The van der Waals surface area contributed by atoms with Crippen LogP contribution in [0.15, 0.2) is 35.5 Å². The Kier molecular flexibility index (Phi) is 6.22. The average molecular weight is 438 g/mol. The lowest BCUT2D eigenvalue weighted by Crippen LogP contribution is -2.31. The van der Waals surface area contributed by atoms with E-state index in [4.69, 9.17) is 15.1 Å². The standard InChI is InChI=1S/C22H27N7OS/c1-5-27(6-2)20(30)14-31-22-23-18-10-8-7-9-17(18)21-24-19(26-29(21)22)11-12-28-16(4)13-15(3)25-28/h7-10,13H,5-6,11-12,14H2,1-4H3. The number of fused-ring (bicyclic) bond motifs is 3. The highest BCUT2D eigenvalue weighted by molar-refractivity contribution is 7.99. The van der Waals surface area contributed by atoms with Crippen molar-refractivity contribution in [2.45, 2.75) is 45.8 Å². The van der Waals surface area contributed by atoms with Crippen molar-refractivity contribution < 1.29 is 4.79 Å². The summed E-state index contributed by atoms with van der Waals surface area (Å²) in [6.45, 7) is 10.1. The van der Waals surface area contributed by atoms with Crippen LogP contribution in [0.1, 0.15) is 31.1 Å². The Labute approximate surface area is 185 Å². The highest BCUT2D eigenvalue weighted by Crippen LogP contribution is 2.24. The van der Waals surface area contributed by atoms with E-state index < -0.39 is 0 Å². The number of amides is 1. The van der Waals surface area contributed by atoms with Crippen LogP contribution < -0.4 is 0 Å². The molecule has 0 aliphatic carbocycles. The van der Waals surface area contributed by atoms with E-state index in [-0.39, 0.29) is 5.91 Å². The quantitative estimate of drug-likeness (QED) is 0.311. The van der Waals surface area contributed by atoms with Gasteiger partial charge in [-0.15, -0.1) is 5.10 Å².